The Bertz CT molecular complexity index is 546. The maximum atomic E-state index is 12.3. The van der Waals surface area contributed by atoms with E-state index >= 15 is 0 Å². The number of carbonyl (C=O) groups excluding carboxylic acids is 2. The summed E-state index contributed by atoms with van der Waals surface area (Å²) < 4.78 is 5.91. The van der Waals surface area contributed by atoms with Crippen LogP contribution in [0.15, 0.2) is 30.3 Å². The molecule has 0 aromatic heterocycles. The van der Waals surface area contributed by atoms with Crippen LogP contribution in [0.1, 0.15) is 31.2 Å². The van der Waals surface area contributed by atoms with Crippen molar-refractivity contribution >= 4 is 11.8 Å². The van der Waals surface area contributed by atoms with Crippen LogP contribution in [-0.4, -0.2) is 48.6 Å². The molecule has 0 bridgehead atoms. The smallest absolute Gasteiger partial charge is 0.245 e. The second-order valence-electron chi connectivity index (χ2n) is 6.31. The molecular formula is C18H24N2O3. The van der Waals surface area contributed by atoms with Gasteiger partial charge in [-0.1, -0.05) is 30.3 Å². The molecule has 23 heavy (non-hydrogen) atoms. The summed E-state index contributed by atoms with van der Waals surface area (Å²) in [6.07, 6.45) is 4.11. The average molecular weight is 316 g/mol. The Balaban J connectivity index is 1.35. The highest BCUT2D eigenvalue weighted by Gasteiger charge is 2.34. The van der Waals surface area contributed by atoms with Crippen LogP contribution in [0.2, 0.25) is 0 Å². The predicted molar refractivity (Wildman–Crippen MR) is 86.9 cm³/mol. The summed E-state index contributed by atoms with van der Waals surface area (Å²) in [5.74, 6) is 0.0301. The SMILES string of the molecule is O=C1CC[C@H](C(=O)N2CC[C@H](OCCCc3ccccc3)C2)N1. The predicted octanol–water partition coefficient (Wildman–Crippen LogP) is 1.52. The summed E-state index contributed by atoms with van der Waals surface area (Å²) in [6.45, 7) is 2.10. The van der Waals surface area contributed by atoms with Gasteiger partial charge in [0.15, 0.2) is 0 Å². The zero-order valence-electron chi connectivity index (χ0n) is 13.4. The van der Waals surface area contributed by atoms with E-state index in [1.54, 1.807) is 0 Å². The van der Waals surface area contributed by atoms with Gasteiger partial charge in [-0.05, 0) is 31.2 Å². The lowest BCUT2D eigenvalue weighted by atomic mass is 10.1. The largest absolute Gasteiger partial charge is 0.376 e. The van der Waals surface area contributed by atoms with E-state index < -0.39 is 0 Å². The van der Waals surface area contributed by atoms with Gasteiger partial charge in [0, 0.05) is 26.1 Å². The summed E-state index contributed by atoms with van der Waals surface area (Å²) >= 11 is 0. The van der Waals surface area contributed by atoms with Crippen molar-refractivity contribution in [2.75, 3.05) is 19.7 Å². The van der Waals surface area contributed by atoms with Crippen molar-refractivity contribution in [1.82, 2.24) is 10.2 Å². The number of nitrogens with one attached hydrogen (secondary N) is 1. The Labute approximate surface area is 137 Å². The van der Waals surface area contributed by atoms with Gasteiger partial charge >= 0.3 is 0 Å². The molecule has 2 aliphatic rings. The highest BCUT2D eigenvalue weighted by Crippen LogP contribution is 2.17. The number of benzene rings is 1. The Hall–Kier alpha value is -1.88. The third-order valence-corrected chi connectivity index (χ3v) is 4.56. The van der Waals surface area contributed by atoms with E-state index in [9.17, 15) is 9.59 Å². The molecule has 2 aliphatic heterocycles. The van der Waals surface area contributed by atoms with E-state index in [-0.39, 0.29) is 24.0 Å². The molecule has 0 aliphatic carbocycles. The van der Waals surface area contributed by atoms with Crippen molar-refractivity contribution in [3.05, 3.63) is 35.9 Å². The van der Waals surface area contributed by atoms with Crippen LogP contribution < -0.4 is 5.32 Å². The third-order valence-electron chi connectivity index (χ3n) is 4.56. The second-order valence-corrected chi connectivity index (χ2v) is 6.31. The normalized spacial score (nSPS) is 24.0. The molecule has 2 amide bonds. The molecule has 2 atom stereocenters. The maximum absolute atomic E-state index is 12.3. The lowest BCUT2D eigenvalue weighted by Crippen LogP contribution is -2.43. The van der Waals surface area contributed by atoms with Crippen LogP contribution in [0, 0.1) is 0 Å². The van der Waals surface area contributed by atoms with E-state index in [0.717, 1.165) is 32.4 Å². The van der Waals surface area contributed by atoms with Crippen molar-refractivity contribution in [2.24, 2.45) is 0 Å². The van der Waals surface area contributed by atoms with Gasteiger partial charge in [0.25, 0.3) is 0 Å². The van der Waals surface area contributed by atoms with E-state index in [1.807, 2.05) is 11.0 Å². The Morgan fingerprint density at radius 2 is 2.09 bits per heavy atom. The molecule has 1 aromatic carbocycles. The zero-order chi connectivity index (χ0) is 16.1. The first kappa shape index (κ1) is 16.0. The number of amides is 2. The number of ether oxygens (including phenoxy) is 1. The van der Waals surface area contributed by atoms with Crippen LogP contribution in [0.3, 0.4) is 0 Å². The Morgan fingerprint density at radius 1 is 1.26 bits per heavy atom. The van der Waals surface area contributed by atoms with Gasteiger partial charge in [-0.3, -0.25) is 9.59 Å². The van der Waals surface area contributed by atoms with Crippen LogP contribution in [0.5, 0.6) is 0 Å². The first-order valence-corrected chi connectivity index (χ1v) is 8.46. The Morgan fingerprint density at radius 3 is 2.83 bits per heavy atom. The molecule has 5 heteroatoms. The molecule has 2 fully saturated rings. The Kier molecular flexibility index (Phi) is 5.28. The number of rotatable bonds is 6. The number of likely N-dealkylation sites (tertiary alicyclic amines) is 1. The number of carbonyl (C=O) groups is 2. The molecule has 0 unspecified atom stereocenters. The van der Waals surface area contributed by atoms with Gasteiger partial charge in [-0.25, -0.2) is 0 Å². The van der Waals surface area contributed by atoms with Crippen LogP contribution >= 0.6 is 0 Å². The van der Waals surface area contributed by atoms with Crippen LogP contribution in [0.25, 0.3) is 0 Å². The quantitative estimate of drug-likeness (QED) is 0.810. The van der Waals surface area contributed by atoms with Crippen molar-refractivity contribution in [1.29, 1.82) is 0 Å². The summed E-state index contributed by atoms with van der Waals surface area (Å²) in [6, 6.07) is 10.1. The first-order valence-electron chi connectivity index (χ1n) is 8.46. The number of hydrogen-bond acceptors (Lipinski definition) is 3. The molecule has 5 nitrogen and oxygen atoms in total. The topological polar surface area (TPSA) is 58.6 Å². The molecule has 0 saturated carbocycles. The lowest BCUT2D eigenvalue weighted by molar-refractivity contribution is -0.133. The molecule has 1 N–H and O–H groups in total. The standard InChI is InChI=1S/C18H24N2O3/c21-17-9-8-16(19-17)18(22)20-11-10-15(13-20)23-12-4-7-14-5-2-1-3-6-14/h1-3,5-6,15-16H,4,7-13H2,(H,19,21)/t15-,16+/m0/s1. The van der Waals surface area contributed by atoms with Gasteiger partial charge in [-0.15, -0.1) is 0 Å². The lowest BCUT2D eigenvalue weighted by Gasteiger charge is -2.20. The fraction of sp³-hybridized carbons (Fsp3) is 0.556. The number of aryl methyl sites for hydroxylation is 1. The van der Waals surface area contributed by atoms with E-state index in [1.165, 1.54) is 5.56 Å². The monoisotopic (exact) mass is 316 g/mol. The van der Waals surface area contributed by atoms with Gasteiger partial charge < -0.3 is 15.0 Å². The molecule has 3 rings (SSSR count). The molecule has 2 saturated heterocycles. The summed E-state index contributed by atoms with van der Waals surface area (Å²) in [7, 11) is 0. The minimum Gasteiger partial charge on any atom is -0.376 e. The van der Waals surface area contributed by atoms with Gasteiger partial charge in [0.2, 0.25) is 11.8 Å². The van der Waals surface area contributed by atoms with Crippen molar-refractivity contribution in [2.45, 2.75) is 44.2 Å². The molecule has 2 heterocycles. The molecule has 0 radical (unpaired) electrons. The van der Waals surface area contributed by atoms with Crippen LogP contribution in [-0.2, 0) is 20.7 Å². The van der Waals surface area contributed by atoms with Gasteiger partial charge in [0.05, 0.1) is 6.10 Å². The molecular weight excluding hydrogens is 292 g/mol. The van der Waals surface area contributed by atoms with Crippen molar-refractivity contribution in [3.63, 3.8) is 0 Å². The highest BCUT2D eigenvalue weighted by atomic mass is 16.5. The highest BCUT2D eigenvalue weighted by molar-refractivity contribution is 5.90. The van der Waals surface area contributed by atoms with Crippen molar-refractivity contribution in [3.8, 4) is 0 Å². The summed E-state index contributed by atoms with van der Waals surface area (Å²) in [4.78, 5) is 25.4. The van der Waals surface area contributed by atoms with E-state index in [2.05, 4.69) is 29.6 Å². The summed E-state index contributed by atoms with van der Waals surface area (Å²) in [5, 5.41) is 2.74. The van der Waals surface area contributed by atoms with Gasteiger partial charge in [0.1, 0.15) is 6.04 Å². The molecule has 0 spiro atoms. The van der Waals surface area contributed by atoms with Crippen molar-refractivity contribution < 1.29 is 14.3 Å². The van der Waals surface area contributed by atoms with E-state index in [0.29, 0.717) is 19.4 Å². The van der Waals surface area contributed by atoms with E-state index in [4.69, 9.17) is 4.74 Å². The molecule has 124 valence electrons. The zero-order valence-corrected chi connectivity index (χ0v) is 13.4. The minimum atomic E-state index is -0.320. The van der Waals surface area contributed by atoms with Crippen LogP contribution in [0.4, 0.5) is 0 Å². The number of nitrogens with zero attached hydrogens (tertiary/aromatic N) is 1. The van der Waals surface area contributed by atoms with Gasteiger partial charge in [-0.2, -0.15) is 0 Å². The maximum Gasteiger partial charge on any atom is 0.245 e. The molecule has 1 aromatic rings. The number of hydrogen-bond donors (Lipinski definition) is 1. The average Bonchev–Trinajstić information content (AvgIpc) is 3.21. The third kappa shape index (κ3) is 4.32. The summed E-state index contributed by atoms with van der Waals surface area (Å²) in [5.41, 5.74) is 1.33. The fourth-order valence-corrected chi connectivity index (χ4v) is 3.26. The first-order chi connectivity index (χ1) is 11.2. The fourth-order valence-electron chi connectivity index (χ4n) is 3.26. The minimum absolute atomic E-state index is 0.0174. The second kappa shape index (κ2) is 7.59.